The quantitative estimate of drug-likeness (QED) is 0.431. The fourth-order valence-corrected chi connectivity index (χ4v) is 5.84. The molecule has 6 rings (SSSR count). The molecule has 2 aromatic carbocycles. The van der Waals surface area contributed by atoms with Crippen LogP contribution in [0.3, 0.4) is 0 Å². The van der Waals surface area contributed by atoms with Gasteiger partial charge in [0.15, 0.2) is 17.3 Å². The number of rotatable bonds is 4. The van der Waals surface area contributed by atoms with Crippen molar-refractivity contribution in [2.45, 2.75) is 44.6 Å². The number of hydrogen-bond donors (Lipinski definition) is 1. The minimum Gasteiger partial charge on any atom is -0.466 e. The van der Waals surface area contributed by atoms with E-state index in [9.17, 15) is 14.7 Å². The fraction of sp³-hybridized carbons (Fsp3) is 0.357. The minimum absolute atomic E-state index is 0.164. The maximum atomic E-state index is 12.8. The lowest BCUT2D eigenvalue weighted by molar-refractivity contribution is -0.136. The molecule has 35 heavy (non-hydrogen) atoms. The Kier molecular flexibility index (Phi) is 5.37. The number of nitrogens with zero attached hydrogens (tertiary/aromatic N) is 1. The normalized spacial score (nSPS) is 16.9. The third-order valence-corrected chi connectivity index (χ3v) is 7.49. The van der Waals surface area contributed by atoms with Gasteiger partial charge in [-0.25, -0.2) is 4.79 Å². The van der Waals surface area contributed by atoms with Gasteiger partial charge in [0.1, 0.15) is 6.61 Å². The molecule has 0 unspecified atom stereocenters. The van der Waals surface area contributed by atoms with Crippen molar-refractivity contribution in [3.05, 3.63) is 52.6 Å². The molecule has 1 fully saturated rings. The highest BCUT2D eigenvalue weighted by atomic mass is 16.7. The molecule has 7 nitrogen and oxygen atoms in total. The number of carbonyl (C=O) groups excluding carboxylic acids is 2. The van der Waals surface area contributed by atoms with Gasteiger partial charge in [-0.15, -0.1) is 0 Å². The maximum Gasteiger partial charge on any atom is 0.335 e. The number of esters is 1. The van der Waals surface area contributed by atoms with Gasteiger partial charge in [0.25, 0.3) is 0 Å². The zero-order chi connectivity index (χ0) is 24.1. The van der Waals surface area contributed by atoms with Crippen LogP contribution in [0.25, 0.3) is 28.2 Å². The van der Waals surface area contributed by atoms with E-state index in [0.717, 1.165) is 40.6 Å². The van der Waals surface area contributed by atoms with Crippen LogP contribution in [0, 0.1) is 0 Å². The van der Waals surface area contributed by atoms with Crippen molar-refractivity contribution >= 4 is 28.7 Å². The Bertz CT molecular complexity index is 1390. The van der Waals surface area contributed by atoms with Gasteiger partial charge in [0, 0.05) is 22.0 Å². The number of benzene rings is 2. The molecule has 3 aliphatic rings. The standard InChI is InChI=1S/C28H27NO6/c1-33-28(32)19-9-18-11-24-25(35-15-34-24)12-21(18)27-26(16-5-3-2-4-6-16)20-8-7-17(23(31)14-30)10-22(20)29(27)13-19/h7-12,16,30H,2-6,13-15H2,1H3. The van der Waals surface area contributed by atoms with Crippen molar-refractivity contribution in [1.29, 1.82) is 0 Å². The Morgan fingerprint density at radius 1 is 1.09 bits per heavy atom. The molecule has 3 aromatic rings. The second kappa shape index (κ2) is 8.57. The van der Waals surface area contributed by atoms with Crippen LogP contribution in [0.1, 0.15) is 59.5 Å². The zero-order valence-corrected chi connectivity index (χ0v) is 19.6. The molecule has 1 aliphatic carbocycles. The fourth-order valence-electron chi connectivity index (χ4n) is 5.84. The number of aliphatic hydroxyl groups is 1. The van der Waals surface area contributed by atoms with Crippen LogP contribution in [0.15, 0.2) is 35.9 Å². The second-order valence-corrected chi connectivity index (χ2v) is 9.45. The van der Waals surface area contributed by atoms with Gasteiger partial charge in [-0.05, 0) is 54.2 Å². The van der Waals surface area contributed by atoms with Crippen molar-refractivity contribution in [2.24, 2.45) is 0 Å². The van der Waals surface area contributed by atoms with Gasteiger partial charge in [-0.1, -0.05) is 31.4 Å². The van der Waals surface area contributed by atoms with Crippen LogP contribution in [0.2, 0.25) is 0 Å². The highest BCUT2D eigenvalue weighted by Crippen LogP contribution is 2.49. The third-order valence-electron chi connectivity index (χ3n) is 7.49. The first-order valence-corrected chi connectivity index (χ1v) is 12.1. The van der Waals surface area contributed by atoms with E-state index in [4.69, 9.17) is 14.2 Å². The zero-order valence-electron chi connectivity index (χ0n) is 19.6. The monoisotopic (exact) mass is 473 g/mol. The number of Topliss-reactive ketones (excluding diaryl/α,β-unsaturated/α-hetero) is 1. The lowest BCUT2D eigenvalue weighted by Gasteiger charge is -2.24. The van der Waals surface area contributed by atoms with Crippen LogP contribution in [0.4, 0.5) is 0 Å². The highest BCUT2D eigenvalue weighted by Gasteiger charge is 2.32. The summed E-state index contributed by atoms with van der Waals surface area (Å²) >= 11 is 0. The number of aromatic nitrogens is 1. The number of carbonyl (C=O) groups is 2. The number of ketones is 1. The summed E-state index contributed by atoms with van der Waals surface area (Å²) in [7, 11) is 1.38. The van der Waals surface area contributed by atoms with Crippen LogP contribution in [-0.2, 0) is 16.1 Å². The summed E-state index contributed by atoms with van der Waals surface area (Å²) < 4.78 is 18.6. The molecule has 0 radical (unpaired) electrons. The molecule has 3 heterocycles. The molecule has 0 atom stereocenters. The van der Waals surface area contributed by atoms with E-state index in [1.165, 1.54) is 31.9 Å². The molecule has 180 valence electrons. The molecule has 1 saturated carbocycles. The molecule has 1 aromatic heterocycles. The van der Waals surface area contributed by atoms with Gasteiger partial charge >= 0.3 is 5.97 Å². The number of aliphatic hydroxyl groups excluding tert-OH is 1. The van der Waals surface area contributed by atoms with Crippen molar-refractivity contribution in [3.8, 4) is 22.8 Å². The van der Waals surface area contributed by atoms with Crippen LogP contribution in [-0.4, -0.2) is 41.9 Å². The average molecular weight is 474 g/mol. The Balaban J connectivity index is 1.69. The molecular weight excluding hydrogens is 446 g/mol. The molecule has 0 saturated heterocycles. The second-order valence-electron chi connectivity index (χ2n) is 9.45. The largest absolute Gasteiger partial charge is 0.466 e. The SMILES string of the molecule is COC(=O)C1=Cc2cc3c(cc2-c2c(C4CCCCC4)c4ccc(C(=O)CO)cc4n2C1)OCO3. The highest BCUT2D eigenvalue weighted by molar-refractivity contribution is 6.04. The minimum atomic E-state index is -0.547. The Hall–Kier alpha value is -3.58. The molecule has 7 heteroatoms. The number of hydrogen-bond acceptors (Lipinski definition) is 6. The molecule has 0 spiro atoms. The summed E-state index contributed by atoms with van der Waals surface area (Å²) in [6.45, 7) is -0.0753. The molecule has 2 aliphatic heterocycles. The summed E-state index contributed by atoms with van der Waals surface area (Å²) in [5, 5.41) is 10.5. The van der Waals surface area contributed by atoms with E-state index in [2.05, 4.69) is 4.57 Å². The molecule has 0 amide bonds. The average Bonchev–Trinajstić information content (AvgIpc) is 3.44. The third kappa shape index (κ3) is 3.53. The lowest BCUT2D eigenvalue weighted by atomic mass is 9.81. The summed E-state index contributed by atoms with van der Waals surface area (Å²) in [6.07, 6.45) is 7.66. The summed E-state index contributed by atoms with van der Waals surface area (Å²) in [5.41, 5.74) is 5.98. The summed E-state index contributed by atoms with van der Waals surface area (Å²) in [6, 6.07) is 9.57. The van der Waals surface area contributed by atoms with Crippen molar-refractivity contribution in [1.82, 2.24) is 4.57 Å². The molecular formula is C28H27NO6. The van der Waals surface area contributed by atoms with Gasteiger partial charge in [-0.2, -0.15) is 0 Å². The smallest absolute Gasteiger partial charge is 0.335 e. The van der Waals surface area contributed by atoms with Gasteiger partial charge in [-0.3, -0.25) is 4.79 Å². The molecule has 0 bridgehead atoms. The van der Waals surface area contributed by atoms with E-state index >= 15 is 0 Å². The first kappa shape index (κ1) is 21.9. The topological polar surface area (TPSA) is 87.0 Å². The van der Waals surface area contributed by atoms with E-state index in [0.29, 0.717) is 35.1 Å². The van der Waals surface area contributed by atoms with Gasteiger partial charge < -0.3 is 23.9 Å². The number of ether oxygens (including phenoxy) is 3. The molecule has 1 N–H and O–H groups in total. The van der Waals surface area contributed by atoms with E-state index in [1.54, 1.807) is 6.07 Å². The van der Waals surface area contributed by atoms with Gasteiger partial charge in [0.2, 0.25) is 6.79 Å². The van der Waals surface area contributed by atoms with Crippen molar-refractivity contribution in [2.75, 3.05) is 20.5 Å². The van der Waals surface area contributed by atoms with Crippen molar-refractivity contribution in [3.63, 3.8) is 0 Å². The Morgan fingerprint density at radius 2 is 1.86 bits per heavy atom. The first-order chi connectivity index (χ1) is 17.1. The van der Waals surface area contributed by atoms with Crippen LogP contribution < -0.4 is 9.47 Å². The van der Waals surface area contributed by atoms with E-state index in [-0.39, 0.29) is 12.6 Å². The summed E-state index contributed by atoms with van der Waals surface area (Å²) in [4.78, 5) is 25.2. The number of methoxy groups -OCH3 is 1. The summed E-state index contributed by atoms with van der Waals surface area (Å²) in [5.74, 6) is 0.984. The van der Waals surface area contributed by atoms with Crippen LogP contribution in [0.5, 0.6) is 11.5 Å². The van der Waals surface area contributed by atoms with E-state index in [1.807, 2.05) is 30.3 Å². The van der Waals surface area contributed by atoms with E-state index < -0.39 is 12.6 Å². The van der Waals surface area contributed by atoms with Crippen LogP contribution >= 0.6 is 0 Å². The lowest BCUT2D eigenvalue weighted by Crippen LogP contribution is -2.12. The van der Waals surface area contributed by atoms with Crippen molar-refractivity contribution < 1.29 is 28.9 Å². The number of fused-ring (bicyclic) bond motifs is 6. The first-order valence-electron chi connectivity index (χ1n) is 12.1. The Morgan fingerprint density at radius 3 is 2.60 bits per heavy atom. The van der Waals surface area contributed by atoms with Gasteiger partial charge in [0.05, 0.1) is 24.9 Å². The predicted octanol–water partition coefficient (Wildman–Crippen LogP) is 4.83. The predicted molar refractivity (Wildman–Crippen MR) is 131 cm³/mol. The maximum absolute atomic E-state index is 12.8. The Labute approximate surface area is 202 Å².